The molecule has 0 bridgehead atoms. The van der Waals surface area contributed by atoms with Crippen LogP contribution in [0.2, 0.25) is 0 Å². The summed E-state index contributed by atoms with van der Waals surface area (Å²) in [6, 6.07) is 12.0. The van der Waals surface area contributed by atoms with Gasteiger partial charge in [0, 0.05) is 43.5 Å². The highest BCUT2D eigenvalue weighted by Gasteiger charge is 2.19. The molecule has 30 heavy (non-hydrogen) atoms. The Hall–Kier alpha value is -3.18. The lowest BCUT2D eigenvalue weighted by molar-refractivity contribution is 0.217. The maximum Gasteiger partial charge on any atom is 0.0437 e. The van der Waals surface area contributed by atoms with Gasteiger partial charge in [0.15, 0.2) is 0 Å². The molecule has 1 aromatic rings. The predicted octanol–water partition coefficient (Wildman–Crippen LogP) is 5.63. The molecule has 1 fully saturated rings. The first kappa shape index (κ1) is 20.1. The quantitative estimate of drug-likeness (QED) is 0.610. The molecule has 2 heteroatoms. The van der Waals surface area contributed by atoms with Crippen LogP contribution in [0.3, 0.4) is 0 Å². The van der Waals surface area contributed by atoms with Crippen molar-refractivity contribution in [1.82, 2.24) is 9.80 Å². The Morgan fingerprint density at radius 1 is 0.967 bits per heavy atom. The fraction of sp³-hybridized carbons (Fsp3) is 0.286. The maximum atomic E-state index is 4.37. The zero-order valence-corrected chi connectivity index (χ0v) is 18.0. The largest absolute Gasteiger partial charge is 0.368 e. The molecule has 2 nitrogen and oxygen atoms in total. The molecule has 0 N–H and O–H groups in total. The molecule has 1 aliphatic heterocycles. The molecule has 1 aromatic carbocycles. The molecular formula is C28H30N2. The van der Waals surface area contributed by atoms with Gasteiger partial charge in [-0.1, -0.05) is 73.4 Å². The average molecular weight is 395 g/mol. The van der Waals surface area contributed by atoms with E-state index in [1.165, 1.54) is 28.0 Å². The van der Waals surface area contributed by atoms with E-state index < -0.39 is 0 Å². The summed E-state index contributed by atoms with van der Waals surface area (Å²) in [6.45, 7) is 14.6. The summed E-state index contributed by atoms with van der Waals surface area (Å²) in [4.78, 5) is 4.63. The van der Waals surface area contributed by atoms with Gasteiger partial charge in [-0.05, 0) is 54.4 Å². The van der Waals surface area contributed by atoms with Crippen molar-refractivity contribution < 1.29 is 0 Å². The van der Waals surface area contributed by atoms with Gasteiger partial charge in [-0.2, -0.15) is 0 Å². The van der Waals surface area contributed by atoms with Gasteiger partial charge in [0.25, 0.3) is 0 Å². The molecule has 0 spiro atoms. The number of hydrogen-bond acceptors (Lipinski definition) is 2. The predicted molar refractivity (Wildman–Crippen MR) is 128 cm³/mol. The van der Waals surface area contributed by atoms with Gasteiger partial charge in [-0.3, -0.25) is 0 Å². The maximum absolute atomic E-state index is 4.37. The molecule has 3 aliphatic rings. The molecule has 1 saturated heterocycles. The number of benzene rings is 1. The number of hydrogen-bond donors (Lipinski definition) is 0. The van der Waals surface area contributed by atoms with Crippen molar-refractivity contribution in [2.75, 3.05) is 26.2 Å². The number of piperazine rings is 1. The van der Waals surface area contributed by atoms with Crippen LogP contribution >= 0.6 is 0 Å². The monoisotopic (exact) mass is 394 g/mol. The molecule has 0 radical (unpaired) electrons. The Morgan fingerprint density at radius 2 is 1.70 bits per heavy atom. The van der Waals surface area contributed by atoms with Crippen molar-refractivity contribution >= 4 is 5.57 Å². The first-order chi connectivity index (χ1) is 14.6. The fourth-order valence-corrected chi connectivity index (χ4v) is 4.08. The first-order valence-corrected chi connectivity index (χ1v) is 10.9. The summed E-state index contributed by atoms with van der Waals surface area (Å²) in [7, 11) is 0. The number of aryl methyl sites for hydroxylation is 1. The zero-order valence-electron chi connectivity index (χ0n) is 18.0. The number of allylic oxidation sites excluding steroid dienone is 9. The fourth-order valence-electron chi connectivity index (χ4n) is 4.08. The topological polar surface area (TPSA) is 6.48 Å². The van der Waals surface area contributed by atoms with Crippen LogP contribution in [0.25, 0.3) is 5.57 Å². The number of rotatable bonds is 4. The Kier molecular flexibility index (Phi) is 6.10. The average Bonchev–Trinajstić information content (AvgIpc) is 3.33. The van der Waals surface area contributed by atoms with Crippen molar-refractivity contribution in [1.29, 1.82) is 0 Å². The normalized spacial score (nSPS) is 18.2. The zero-order chi connectivity index (χ0) is 20.9. The van der Waals surface area contributed by atoms with Crippen molar-refractivity contribution in [3.63, 3.8) is 0 Å². The molecule has 0 unspecified atom stereocenters. The summed E-state index contributed by atoms with van der Waals surface area (Å²) >= 11 is 0. The van der Waals surface area contributed by atoms with Crippen LogP contribution in [0.5, 0.6) is 0 Å². The SMILES string of the molecule is C=C(C1=CCCC=C1C#CN1CCN(C(=C)C2=CC=CC2)CC1)c1ccc(C)cc1. The van der Waals surface area contributed by atoms with Gasteiger partial charge in [0.1, 0.15) is 0 Å². The van der Waals surface area contributed by atoms with Crippen molar-refractivity contribution in [3.05, 3.63) is 101 Å². The van der Waals surface area contributed by atoms with Crippen LogP contribution in [0, 0.1) is 18.9 Å². The van der Waals surface area contributed by atoms with E-state index in [4.69, 9.17) is 0 Å². The lowest BCUT2D eigenvalue weighted by Gasteiger charge is -2.35. The lowest BCUT2D eigenvalue weighted by atomic mass is 9.89. The Labute approximate surface area is 181 Å². The van der Waals surface area contributed by atoms with Crippen LogP contribution < -0.4 is 0 Å². The minimum absolute atomic E-state index is 0.942. The third kappa shape index (κ3) is 4.52. The van der Waals surface area contributed by atoms with Crippen LogP contribution in [0.15, 0.2) is 90.2 Å². The minimum atomic E-state index is 0.942. The van der Waals surface area contributed by atoms with Crippen molar-refractivity contribution in [2.45, 2.75) is 26.2 Å². The Morgan fingerprint density at radius 3 is 2.40 bits per heavy atom. The van der Waals surface area contributed by atoms with E-state index in [2.05, 4.69) is 96.5 Å². The van der Waals surface area contributed by atoms with Crippen molar-refractivity contribution in [3.8, 4) is 12.0 Å². The van der Waals surface area contributed by atoms with E-state index >= 15 is 0 Å². The highest BCUT2D eigenvalue weighted by atomic mass is 15.3. The smallest absolute Gasteiger partial charge is 0.0437 e. The van der Waals surface area contributed by atoms with Gasteiger partial charge >= 0.3 is 0 Å². The van der Waals surface area contributed by atoms with Gasteiger partial charge in [-0.25, -0.2) is 0 Å². The Bertz CT molecular complexity index is 1010. The molecule has 0 saturated carbocycles. The summed E-state index contributed by atoms with van der Waals surface area (Å²) in [5.74, 6) is 3.45. The molecule has 152 valence electrons. The van der Waals surface area contributed by atoms with E-state index in [1.807, 2.05) is 0 Å². The van der Waals surface area contributed by atoms with Crippen LogP contribution in [-0.4, -0.2) is 36.0 Å². The van der Waals surface area contributed by atoms with E-state index in [0.717, 1.165) is 56.6 Å². The van der Waals surface area contributed by atoms with E-state index in [0.29, 0.717) is 0 Å². The summed E-state index contributed by atoms with van der Waals surface area (Å²) in [5.41, 5.74) is 8.31. The standard InChI is InChI=1S/C28H30N2/c1-22-12-14-25(15-13-22)23(2)28-11-7-6-10-27(28)16-17-29-18-20-30(21-19-29)24(3)26-8-4-5-9-26/h4-5,8,10-15H,2-3,6-7,9,18-21H2,1H3. The van der Waals surface area contributed by atoms with E-state index in [-0.39, 0.29) is 0 Å². The van der Waals surface area contributed by atoms with Gasteiger partial charge in [-0.15, -0.1) is 0 Å². The van der Waals surface area contributed by atoms with Crippen molar-refractivity contribution in [2.24, 2.45) is 0 Å². The second kappa shape index (κ2) is 9.09. The highest BCUT2D eigenvalue weighted by molar-refractivity contribution is 5.84. The minimum Gasteiger partial charge on any atom is -0.368 e. The molecule has 4 rings (SSSR count). The van der Waals surface area contributed by atoms with Crippen LogP contribution in [-0.2, 0) is 0 Å². The van der Waals surface area contributed by atoms with Gasteiger partial charge < -0.3 is 9.80 Å². The highest BCUT2D eigenvalue weighted by Crippen LogP contribution is 2.31. The van der Waals surface area contributed by atoms with Gasteiger partial charge in [0.05, 0.1) is 0 Å². The summed E-state index contributed by atoms with van der Waals surface area (Å²) in [5, 5.41) is 0. The first-order valence-electron chi connectivity index (χ1n) is 10.9. The Balaban J connectivity index is 1.39. The van der Waals surface area contributed by atoms with E-state index in [9.17, 15) is 0 Å². The molecule has 2 aliphatic carbocycles. The van der Waals surface area contributed by atoms with Crippen LogP contribution in [0.1, 0.15) is 30.4 Å². The van der Waals surface area contributed by atoms with Gasteiger partial charge in [0.2, 0.25) is 0 Å². The number of nitrogens with zero attached hydrogens (tertiary/aromatic N) is 2. The van der Waals surface area contributed by atoms with Crippen LogP contribution in [0.4, 0.5) is 0 Å². The second-order valence-electron chi connectivity index (χ2n) is 8.14. The lowest BCUT2D eigenvalue weighted by Crippen LogP contribution is -2.43. The molecular weight excluding hydrogens is 364 g/mol. The second-order valence-corrected chi connectivity index (χ2v) is 8.14. The molecule has 0 aromatic heterocycles. The molecule has 0 atom stereocenters. The van der Waals surface area contributed by atoms with E-state index in [1.54, 1.807) is 0 Å². The summed E-state index contributed by atoms with van der Waals surface area (Å²) in [6.07, 6.45) is 14.1. The third-order valence-electron chi connectivity index (χ3n) is 6.03. The third-order valence-corrected chi connectivity index (χ3v) is 6.03. The molecule has 1 heterocycles. The molecule has 0 amide bonds. The summed E-state index contributed by atoms with van der Waals surface area (Å²) < 4.78 is 0.